The van der Waals surface area contributed by atoms with E-state index in [0.717, 1.165) is 42.0 Å². The summed E-state index contributed by atoms with van der Waals surface area (Å²) in [5, 5.41) is 0. The van der Waals surface area contributed by atoms with Gasteiger partial charge in [-0.3, -0.25) is 0 Å². The van der Waals surface area contributed by atoms with Gasteiger partial charge in [-0.15, -0.1) is 0 Å². The van der Waals surface area contributed by atoms with Gasteiger partial charge in [0.2, 0.25) is 5.89 Å². The van der Waals surface area contributed by atoms with E-state index in [2.05, 4.69) is 15.0 Å². The van der Waals surface area contributed by atoms with Crippen molar-refractivity contribution in [3.63, 3.8) is 0 Å². The molecule has 6 nitrogen and oxygen atoms in total. The number of ether oxygens (including phenoxy) is 1. The van der Waals surface area contributed by atoms with Crippen LogP contribution in [0.5, 0.6) is 5.75 Å². The Hall–Kier alpha value is -2.34. The molecule has 0 radical (unpaired) electrons. The Morgan fingerprint density at radius 1 is 1.38 bits per heavy atom. The fraction of sp³-hybridized carbons (Fsp3) is 0.333. The lowest BCUT2D eigenvalue weighted by Crippen LogP contribution is -2.44. The van der Waals surface area contributed by atoms with Crippen molar-refractivity contribution in [1.82, 2.24) is 15.0 Å². The van der Waals surface area contributed by atoms with Gasteiger partial charge in [0, 0.05) is 6.07 Å². The van der Waals surface area contributed by atoms with E-state index in [-0.39, 0.29) is 5.54 Å². The lowest BCUT2D eigenvalue weighted by atomic mass is 9.77. The van der Waals surface area contributed by atoms with Crippen LogP contribution in [0.3, 0.4) is 0 Å². The Balaban J connectivity index is 1.73. The molecule has 2 heterocycles. The SMILES string of the molecule is COc1ccc2oc(-c3cnc(C4(N)CCC4)[nH]3)nc2c1. The van der Waals surface area contributed by atoms with Crippen molar-refractivity contribution >= 4 is 11.1 Å². The van der Waals surface area contributed by atoms with E-state index in [1.54, 1.807) is 13.3 Å². The Labute approximate surface area is 121 Å². The van der Waals surface area contributed by atoms with Crippen molar-refractivity contribution < 1.29 is 9.15 Å². The van der Waals surface area contributed by atoms with Crippen LogP contribution < -0.4 is 10.5 Å². The molecule has 2 aromatic heterocycles. The molecular weight excluding hydrogens is 268 g/mol. The number of nitrogens with two attached hydrogens (primary N) is 1. The number of benzene rings is 1. The third-order valence-corrected chi connectivity index (χ3v) is 4.12. The minimum Gasteiger partial charge on any atom is -0.497 e. The second-order valence-electron chi connectivity index (χ2n) is 5.51. The van der Waals surface area contributed by atoms with Crippen LogP contribution in [-0.2, 0) is 5.54 Å². The van der Waals surface area contributed by atoms with Crippen molar-refractivity contribution in [2.45, 2.75) is 24.8 Å². The zero-order valence-corrected chi connectivity index (χ0v) is 11.7. The van der Waals surface area contributed by atoms with Crippen molar-refractivity contribution in [3.8, 4) is 17.3 Å². The van der Waals surface area contributed by atoms with Crippen LogP contribution >= 0.6 is 0 Å². The minimum atomic E-state index is -0.312. The maximum atomic E-state index is 6.27. The second kappa shape index (κ2) is 4.33. The van der Waals surface area contributed by atoms with Gasteiger partial charge in [0.25, 0.3) is 0 Å². The van der Waals surface area contributed by atoms with Crippen LogP contribution in [0.2, 0.25) is 0 Å². The van der Waals surface area contributed by atoms with Crippen LogP contribution in [0.4, 0.5) is 0 Å². The molecule has 21 heavy (non-hydrogen) atoms. The number of hydrogen-bond acceptors (Lipinski definition) is 5. The van der Waals surface area contributed by atoms with Crippen LogP contribution in [0.1, 0.15) is 25.1 Å². The zero-order valence-electron chi connectivity index (χ0n) is 11.7. The van der Waals surface area contributed by atoms with Crippen molar-refractivity contribution in [2.24, 2.45) is 5.73 Å². The number of aromatic nitrogens is 3. The number of imidazole rings is 1. The molecule has 3 aromatic rings. The third-order valence-electron chi connectivity index (χ3n) is 4.12. The van der Waals surface area contributed by atoms with Gasteiger partial charge >= 0.3 is 0 Å². The summed E-state index contributed by atoms with van der Waals surface area (Å²) >= 11 is 0. The molecule has 108 valence electrons. The van der Waals surface area contributed by atoms with Crippen LogP contribution in [0.15, 0.2) is 28.8 Å². The van der Waals surface area contributed by atoms with E-state index in [9.17, 15) is 0 Å². The van der Waals surface area contributed by atoms with Gasteiger partial charge in [-0.2, -0.15) is 0 Å². The van der Waals surface area contributed by atoms with E-state index < -0.39 is 0 Å². The summed E-state index contributed by atoms with van der Waals surface area (Å²) in [4.78, 5) is 12.1. The molecule has 0 atom stereocenters. The molecule has 0 bridgehead atoms. The van der Waals surface area contributed by atoms with Gasteiger partial charge < -0.3 is 19.9 Å². The highest BCUT2D eigenvalue weighted by atomic mass is 16.5. The number of methoxy groups -OCH3 is 1. The molecule has 0 spiro atoms. The number of H-pyrrole nitrogens is 1. The van der Waals surface area contributed by atoms with E-state index in [4.69, 9.17) is 14.9 Å². The molecule has 1 saturated carbocycles. The standard InChI is InChI=1S/C15H16N4O2/c1-20-9-3-4-12-10(7-9)18-13(21-12)11-8-17-14(19-11)15(16)5-2-6-15/h3-4,7-8H,2,5-6,16H2,1H3,(H,17,19). The highest BCUT2D eigenvalue weighted by Gasteiger charge is 2.37. The van der Waals surface area contributed by atoms with Crippen molar-refractivity contribution in [2.75, 3.05) is 7.11 Å². The Bertz CT molecular complexity index is 801. The monoisotopic (exact) mass is 284 g/mol. The molecule has 4 rings (SSSR count). The predicted octanol–water partition coefficient (Wildman–Crippen LogP) is 2.56. The molecule has 0 unspecified atom stereocenters. The van der Waals surface area contributed by atoms with Gasteiger partial charge in [0.1, 0.15) is 22.8 Å². The number of oxazole rings is 1. The van der Waals surface area contributed by atoms with Gasteiger partial charge in [-0.1, -0.05) is 0 Å². The topological polar surface area (TPSA) is 90.0 Å². The van der Waals surface area contributed by atoms with Crippen LogP contribution in [-0.4, -0.2) is 22.1 Å². The fourth-order valence-corrected chi connectivity index (χ4v) is 2.63. The lowest BCUT2D eigenvalue weighted by molar-refractivity contribution is 0.240. The Kier molecular flexibility index (Phi) is 2.56. The van der Waals surface area contributed by atoms with Crippen LogP contribution in [0.25, 0.3) is 22.7 Å². The zero-order chi connectivity index (χ0) is 14.4. The minimum absolute atomic E-state index is 0.312. The largest absolute Gasteiger partial charge is 0.497 e. The number of fused-ring (bicyclic) bond motifs is 1. The smallest absolute Gasteiger partial charge is 0.245 e. The van der Waals surface area contributed by atoms with E-state index in [0.29, 0.717) is 11.5 Å². The summed E-state index contributed by atoms with van der Waals surface area (Å²) in [6.07, 6.45) is 4.80. The van der Waals surface area contributed by atoms with Crippen molar-refractivity contribution in [3.05, 3.63) is 30.2 Å². The number of nitrogens with zero attached hydrogens (tertiary/aromatic N) is 2. The number of hydrogen-bond donors (Lipinski definition) is 2. The number of rotatable bonds is 3. The molecular formula is C15H16N4O2. The molecule has 1 aromatic carbocycles. The normalized spacial score (nSPS) is 16.9. The second-order valence-corrected chi connectivity index (χ2v) is 5.51. The Morgan fingerprint density at radius 3 is 2.95 bits per heavy atom. The number of aromatic amines is 1. The summed E-state index contributed by atoms with van der Waals surface area (Å²) in [5.74, 6) is 2.08. The summed E-state index contributed by atoms with van der Waals surface area (Å²) in [6, 6.07) is 5.53. The summed E-state index contributed by atoms with van der Waals surface area (Å²) in [5.41, 5.74) is 8.17. The molecule has 0 amide bonds. The van der Waals surface area contributed by atoms with Crippen LogP contribution in [0, 0.1) is 0 Å². The Morgan fingerprint density at radius 2 is 2.24 bits per heavy atom. The summed E-state index contributed by atoms with van der Waals surface area (Å²) in [7, 11) is 1.63. The summed E-state index contributed by atoms with van der Waals surface area (Å²) < 4.78 is 10.9. The maximum absolute atomic E-state index is 6.27. The van der Waals surface area contributed by atoms with E-state index in [1.807, 2.05) is 18.2 Å². The molecule has 3 N–H and O–H groups in total. The first-order valence-electron chi connectivity index (χ1n) is 6.97. The molecule has 1 aliphatic carbocycles. The number of nitrogens with one attached hydrogen (secondary N) is 1. The van der Waals surface area contributed by atoms with E-state index in [1.165, 1.54) is 0 Å². The average Bonchev–Trinajstić information content (AvgIpc) is 3.10. The highest BCUT2D eigenvalue weighted by molar-refractivity contribution is 5.77. The molecule has 0 aliphatic heterocycles. The molecule has 0 saturated heterocycles. The third kappa shape index (κ3) is 1.91. The fourth-order valence-electron chi connectivity index (χ4n) is 2.63. The first-order chi connectivity index (χ1) is 10.2. The predicted molar refractivity (Wildman–Crippen MR) is 77.9 cm³/mol. The van der Waals surface area contributed by atoms with Gasteiger partial charge in [-0.25, -0.2) is 9.97 Å². The van der Waals surface area contributed by atoms with Crippen molar-refractivity contribution in [1.29, 1.82) is 0 Å². The molecule has 6 heteroatoms. The molecule has 1 fully saturated rings. The first-order valence-corrected chi connectivity index (χ1v) is 6.97. The van der Waals surface area contributed by atoms with E-state index >= 15 is 0 Å². The van der Waals surface area contributed by atoms with Gasteiger partial charge in [0.15, 0.2) is 5.58 Å². The summed E-state index contributed by atoms with van der Waals surface area (Å²) in [6.45, 7) is 0. The average molecular weight is 284 g/mol. The quantitative estimate of drug-likeness (QED) is 0.771. The van der Waals surface area contributed by atoms with Gasteiger partial charge in [-0.05, 0) is 31.4 Å². The molecule has 1 aliphatic rings. The highest BCUT2D eigenvalue weighted by Crippen LogP contribution is 2.37. The lowest BCUT2D eigenvalue weighted by Gasteiger charge is -2.35. The van der Waals surface area contributed by atoms with Gasteiger partial charge in [0.05, 0.1) is 18.8 Å². The maximum Gasteiger partial charge on any atom is 0.245 e. The first kappa shape index (κ1) is 12.4.